The van der Waals surface area contributed by atoms with Crippen molar-refractivity contribution in [1.82, 2.24) is 0 Å². The second-order valence-electron chi connectivity index (χ2n) is 11.5. The van der Waals surface area contributed by atoms with Gasteiger partial charge in [0, 0.05) is 12.8 Å². The van der Waals surface area contributed by atoms with Crippen LogP contribution in [0.1, 0.15) is 50.2 Å². The summed E-state index contributed by atoms with van der Waals surface area (Å²) in [6.07, 6.45) is 1.44. The first kappa shape index (κ1) is 34.6. The Hall–Kier alpha value is -5.76. The molecule has 5 aromatic carbocycles. The lowest BCUT2D eigenvalue weighted by Crippen LogP contribution is -2.11. The molecule has 49 heavy (non-hydrogen) atoms. The van der Waals surface area contributed by atoms with E-state index in [9.17, 15) is 9.59 Å². The summed E-state index contributed by atoms with van der Waals surface area (Å²) in [5.41, 5.74) is 3.78. The Morgan fingerprint density at radius 3 is 1.16 bits per heavy atom. The molecule has 5 aromatic rings. The quantitative estimate of drug-likeness (QED) is 0.0590. The summed E-state index contributed by atoms with van der Waals surface area (Å²) in [6.45, 7) is 7.90. The standard InChI is InChI=1S/C41H40O8/c1-29-6-14-34(15-7-29)44-24-4-26-46-36-18-10-32(11-19-36)40(42)48-38-22-23-39(31(3)28-38)49-41(43)33-12-20-37(21-13-33)47-27-5-25-45-35-16-8-30(2)9-17-35/h6-23,28H,4-5,24-27H2,1-3H3. The van der Waals surface area contributed by atoms with Crippen molar-refractivity contribution in [1.29, 1.82) is 0 Å². The number of carbonyl (C=O) groups excluding carboxylic acids is 2. The summed E-state index contributed by atoms with van der Waals surface area (Å²) in [4.78, 5) is 25.5. The van der Waals surface area contributed by atoms with Crippen molar-refractivity contribution in [3.05, 3.63) is 143 Å². The van der Waals surface area contributed by atoms with E-state index >= 15 is 0 Å². The minimum Gasteiger partial charge on any atom is -0.493 e. The average molecular weight is 661 g/mol. The first-order valence-electron chi connectivity index (χ1n) is 16.2. The molecule has 0 spiro atoms. The van der Waals surface area contributed by atoms with Gasteiger partial charge in [0.15, 0.2) is 0 Å². The molecule has 0 aliphatic rings. The second kappa shape index (κ2) is 17.4. The van der Waals surface area contributed by atoms with Crippen LogP contribution in [0.15, 0.2) is 115 Å². The molecule has 8 nitrogen and oxygen atoms in total. The molecule has 0 saturated carbocycles. The summed E-state index contributed by atoms with van der Waals surface area (Å²) in [5, 5.41) is 0. The lowest BCUT2D eigenvalue weighted by molar-refractivity contribution is 0.0718. The van der Waals surface area contributed by atoms with E-state index in [1.54, 1.807) is 73.7 Å². The highest BCUT2D eigenvalue weighted by Crippen LogP contribution is 2.26. The van der Waals surface area contributed by atoms with Crippen molar-refractivity contribution in [2.75, 3.05) is 26.4 Å². The topological polar surface area (TPSA) is 89.5 Å². The third-order valence-electron chi connectivity index (χ3n) is 7.43. The van der Waals surface area contributed by atoms with Crippen LogP contribution in [0, 0.1) is 20.8 Å². The SMILES string of the molecule is Cc1ccc(OCCCOc2ccc(C(=O)Oc3ccc(OC(=O)c4ccc(OCCCOc5ccc(C)cc5)cc4)c(C)c3)cc2)cc1. The van der Waals surface area contributed by atoms with E-state index in [-0.39, 0.29) is 0 Å². The lowest BCUT2D eigenvalue weighted by Gasteiger charge is -2.11. The van der Waals surface area contributed by atoms with Gasteiger partial charge in [-0.25, -0.2) is 9.59 Å². The molecule has 0 N–H and O–H groups in total. The fourth-order valence-electron chi connectivity index (χ4n) is 4.65. The van der Waals surface area contributed by atoms with Crippen molar-refractivity contribution in [3.8, 4) is 34.5 Å². The normalized spacial score (nSPS) is 10.6. The molecule has 0 atom stereocenters. The van der Waals surface area contributed by atoms with Gasteiger partial charge in [-0.05, 0) is 117 Å². The maximum absolute atomic E-state index is 12.8. The molecule has 0 aliphatic carbocycles. The number of ether oxygens (including phenoxy) is 6. The molecule has 252 valence electrons. The highest BCUT2D eigenvalue weighted by molar-refractivity contribution is 5.92. The lowest BCUT2D eigenvalue weighted by atomic mass is 10.2. The van der Waals surface area contributed by atoms with Gasteiger partial charge >= 0.3 is 11.9 Å². The smallest absolute Gasteiger partial charge is 0.343 e. The zero-order valence-electron chi connectivity index (χ0n) is 28.0. The predicted molar refractivity (Wildman–Crippen MR) is 188 cm³/mol. The van der Waals surface area contributed by atoms with Gasteiger partial charge in [0.2, 0.25) is 0 Å². The first-order chi connectivity index (χ1) is 23.8. The van der Waals surface area contributed by atoms with Crippen molar-refractivity contribution in [3.63, 3.8) is 0 Å². The van der Waals surface area contributed by atoms with Gasteiger partial charge in [0.05, 0.1) is 37.6 Å². The van der Waals surface area contributed by atoms with Gasteiger partial charge in [-0.2, -0.15) is 0 Å². The average Bonchev–Trinajstić information content (AvgIpc) is 3.11. The third-order valence-corrected chi connectivity index (χ3v) is 7.43. The van der Waals surface area contributed by atoms with Gasteiger partial charge in [-0.15, -0.1) is 0 Å². The van der Waals surface area contributed by atoms with Crippen LogP contribution in [-0.2, 0) is 0 Å². The molecule has 5 rings (SSSR count). The maximum atomic E-state index is 12.8. The summed E-state index contributed by atoms with van der Waals surface area (Å²) in [6, 6.07) is 34.2. The van der Waals surface area contributed by atoms with Crippen LogP contribution in [0.3, 0.4) is 0 Å². The molecule has 0 fully saturated rings. The summed E-state index contributed by atoms with van der Waals surface area (Å²) < 4.78 is 34.1. The first-order valence-corrected chi connectivity index (χ1v) is 16.2. The zero-order chi connectivity index (χ0) is 34.4. The molecule has 0 aromatic heterocycles. The molecular formula is C41H40O8. The van der Waals surface area contributed by atoms with E-state index < -0.39 is 11.9 Å². The third kappa shape index (κ3) is 10.9. The van der Waals surface area contributed by atoms with Gasteiger partial charge < -0.3 is 28.4 Å². The molecule has 0 aliphatic heterocycles. The Kier molecular flexibility index (Phi) is 12.3. The molecule has 0 amide bonds. The fourth-order valence-corrected chi connectivity index (χ4v) is 4.65. The van der Waals surface area contributed by atoms with Crippen LogP contribution < -0.4 is 28.4 Å². The minimum absolute atomic E-state index is 0.335. The summed E-state index contributed by atoms with van der Waals surface area (Å²) >= 11 is 0. The molecule has 0 bridgehead atoms. The highest BCUT2D eigenvalue weighted by Gasteiger charge is 2.14. The van der Waals surface area contributed by atoms with Crippen LogP contribution in [0.4, 0.5) is 0 Å². The molecule has 0 saturated heterocycles. The molecular weight excluding hydrogens is 620 g/mol. The second-order valence-corrected chi connectivity index (χ2v) is 11.5. The van der Waals surface area contributed by atoms with Gasteiger partial charge in [0.25, 0.3) is 0 Å². The van der Waals surface area contributed by atoms with Crippen LogP contribution in [0.2, 0.25) is 0 Å². The molecule has 8 heteroatoms. The van der Waals surface area contributed by atoms with Crippen molar-refractivity contribution in [2.45, 2.75) is 33.6 Å². The van der Waals surface area contributed by atoms with Crippen molar-refractivity contribution in [2.24, 2.45) is 0 Å². The van der Waals surface area contributed by atoms with E-state index in [2.05, 4.69) is 0 Å². The number of hydrogen-bond donors (Lipinski definition) is 0. The van der Waals surface area contributed by atoms with Crippen LogP contribution in [0.25, 0.3) is 0 Å². The molecule has 0 radical (unpaired) electrons. The number of carbonyl (C=O) groups is 2. The van der Waals surface area contributed by atoms with Crippen LogP contribution in [-0.4, -0.2) is 38.4 Å². The Morgan fingerprint density at radius 1 is 0.429 bits per heavy atom. The van der Waals surface area contributed by atoms with E-state index in [0.717, 1.165) is 24.3 Å². The monoisotopic (exact) mass is 660 g/mol. The van der Waals surface area contributed by atoms with Crippen LogP contribution >= 0.6 is 0 Å². The number of aryl methyl sites for hydroxylation is 3. The number of esters is 2. The van der Waals surface area contributed by atoms with E-state index in [4.69, 9.17) is 28.4 Å². The maximum Gasteiger partial charge on any atom is 0.343 e. The summed E-state index contributed by atoms with van der Waals surface area (Å²) in [7, 11) is 0. The zero-order valence-corrected chi connectivity index (χ0v) is 28.0. The minimum atomic E-state index is -0.511. The van der Waals surface area contributed by atoms with Gasteiger partial charge in [-0.3, -0.25) is 0 Å². The number of benzene rings is 5. The molecule has 0 heterocycles. The largest absolute Gasteiger partial charge is 0.493 e. The predicted octanol–water partition coefficient (Wildman–Crippen LogP) is 8.75. The van der Waals surface area contributed by atoms with Gasteiger partial charge in [0.1, 0.15) is 34.5 Å². The van der Waals surface area contributed by atoms with E-state index in [0.29, 0.717) is 66.1 Å². The van der Waals surface area contributed by atoms with E-state index in [1.807, 2.05) is 62.4 Å². The van der Waals surface area contributed by atoms with Crippen molar-refractivity contribution < 1.29 is 38.0 Å². The Bertz CT molecular complexity index is 1800. The molecule has 0 unspecified atom stereocenters. The Morgan fingerprint density at radius 2 is 0.776 bits per heavy atom. The fraction of sp³-hybridized carbons (Fsp3) is 0.220. The van der Waals surface area contributed by atoms with Crippen molar-refractivity contribution >= 4 is 11.9 Å². The number of hydrogen-bond acceptors (Lipinski definition) is 8. The highest BCUT2D eigenvalue weighted by atomic mass is 16.5. The van der Waals surface area contributed by atoms with E-state index in [1.165, 1.54) is 11.1 Å². The number of rotatable bonds is 16. The Balaban J connectivity index is 1.01. The van der Waals surface area contributed by atoms with Crippen LogP contribution in [0.5, 0.6) is 34.5 Å². The van der Waals surface area contributed by atoms with Gasteiger partial charge in [-0.1, -0.05) is 35.4 Å². The Labute approximate surface area is 287 Å². The summed E-state index contributed by atoms with van der Waals surface area (Å²) in [5.74, 6) is 2.65.